The van der Waals surface area contributed by atoms with Crippen molar-refractivity contribution in [1.82, 2.24) is 21.1 Å². The molecule has 1 amide bonds. The summed E-state index contributed by atoms with van der Waals surface area (Å²) in [6.07, 6.45) is 3.28. The average Bonchev–Trinajstić information content (AvgIpc) is 3.31. The number of likely N-dealkylation sites (tertiary alicyclic amines) is 1. The number of hydrazine groups is 1. The predicted octanol–water partition coefficient (Wildman–Crippen LogP) is 2.08. The van der Waals surface area contributed by atoms with Crippen LogP contribution in [0, 0.1) is 11.3 Å². The summed E-state index contributed by atoms with van der Waals surface area (Å²) in [5, 5.41) is 3.44. The van der Waals surface area contributed by atoms with Crippen molar-refractivity contribution < 1.29 is 18.3 Å². The van der Waals surface area contributed by atoms with Crippen LogP contribution in [0.25, 0.3) is 0 Å². The van der Waals surface area contributed by atoms with Crippen molar-refractivity contribution in [2.75, 3.05) is 32.7 Å². The number of carbonyl (C=O) groups excluding carboxylic acids is 1. The van der Waals surface area contributed by atoms with Gasteiger partial charge in [-0.25, -0.2) is 5.43 Å². The molecule has 1 aromatic rings. The third-order valence-corrected chi connectivity index (χ3v) is 6.21. The number of alkyl halides is 2. The van der Waals surface area contributed by atoms with Gasteiger partial charge in [-0.1, -0.05) is 12.1 Å². The van der Waals surface area contributed by atoms with Gasteiger partial charge in [-0.15, -0.1) is 12.4 Å². The fraction of sp³-hybridized carbons (Fsp3) is 0.632. The van der Waals surface area contributed by atoms with Gasteiger partial charge >= 0.3 is 6.61 Å². The number of amides is 1. The first-order valence-corrected chi connectivity index (χ1v) is 9.59. The van der Waals surface area contributed by atoms with Crippen molar-refractivity contribution >= 4 is 18.3 Å². The Bertz CT molecular complexity index is 678. The summed E-state index contributed by atoms with van der Waals surface area (Å²) in [6, 6.07) is 6.31. The molecule has 0 bridgehead atoms. The Morgan fingerprint density at radius 1 is 1.25 bits per heavy atom. The van der Waals surface area contributed by atoms with E-state index in [2.05, 4.69) is 20.9 Å². The van der Waals surface area contributed by atoms with Crippen molar-refractivity contribution in [2.24, 2.45) is 11.3 Å². The number of ether oxygens (including phenoxy) is 1. The number of carbonyl (C=O) groups is 1. The van der Waals surface area contributed by atoms with Crippen LogP contribution >= 0.6 is 12.4 Å². The number of piperidine rings is 1. The summed E-state index contributed by atoms with van der Waals surface area (Å²) >= 11 is 0. The third-order valence-electron chi connectivity index (χ3n) is 6.21. The molecule has 6 nitrogen and oxygen atoms in total. The summed E-state index contributed by atoms with van der Waals surface area (Å²) < 4.78 is 29.5. The van der Waals surface area contributed by atoms with Crippen molar-refractivity contribution in [3.63, 3.8) is 0 Å². The second-order valence-electron chi connectivity index (χ2n) is 7.81. The number of halogens is 3. The van der Waals surface area contributed by atoms with Gasteiger partial charge in [-0.3, -0.25) is 10.2 Å². The standard InChI is InChI=1S/C19H26F2N4O2.ClH/c20-18(21)27-14-3-1-2-13(10-14)16-15(11-23-24-16)17(26)25-8-5-19(6-9-25)4-7-22-12-19;/h1-3,10,15-16,18,22-24H,4-9,11-12H2;1H. The van der Waals surface area contributed by atoms with Crippen molar-refractivity contribution in [3.8, 4) is 5.75 Å². The lowest BCUT2D eigenvalue weighted by atomic mass is 9.77. The number of hydrogen-bond donors (Lipinski definition) is 3. The van der Waals surface area contributed by atoms with Gasteiger partial charge < -0.3 is 15.0 Å². The highest BCUT2D eigenvalue weighted by molar-refractivity contribution is 5.85. The van der Waals surface area contributed by atoms with Crippen LogP contribution in [0.1, 0.15) is 30.9 Å². The van der Waals surface area contributed by atoms with Crippen LogP contribution in [0.4, 0.5) is 8.78 Å². The quantitative estimate of drug-likeness (QED) is 0.701. The molecular formula is C19H27ClF2N4O2. The van der Waals surface area contributed by atoms with Gasteiger partial charge in [0.25, 0.3) is 0 Å². The molecule has 3 fully saturated rings. The van der Waals surface area contributed by atoms with Crippen LogP contribution in [0.15, 0.2) is 24.3 Å². The Hall–Kier alpha value is -1.48. The molecule has 2 atom stereocenters. The van der Waals surface area contributed by atoms with Gasteiger partial charge in [0.1, 0.15) is 5.75 Å². The van der Waals surface area contributed by atoms with Crippen LogP contribution in [0.2, 0.25) is 0 Å². The van der Waals surface area contributed by atoms with Gasteiger partial charge in [0.15, 0.2) is 0 Å². The van der Waals surface area contributed by atoms with Crippen LogP contribution < -0.4 is 20.9 Å². The largest absolute Gasteiger partial charge is 0.435 e. The first-order valence-electron chi connectivity index (χ1n) is 9.59. The molecule has 28 heavy (non-hydrogen) atoms. The lowest BCUT2D eigenvalue weighted by Gasteiger charge is -2.40. The summed E-state index contributed by atoms with van der Waals surface area (Å²) in [5.74, 6) is -0.0305. The molecule has 3 saturated heterocycles. The molecule has 3 aliphatic heterocycles. The second-order valence-corrected chi connectivity index (χ2v) is 7.81. The van der Waals surface area contributed by atoms with E-state index in [4.69, 9.17) is 0 Å². The zero-order chi connectivity index (χ0) is 18.9. The maximum Gasteiger partial charge on any atom is 0.387 e. The summed E-state index contributed by atoms with van der Waals surface area (Å²) in [4.78, 5) is 15.1. The normalized spacial score (nSPS) is 26.5. The van der Waals surface area contributed by atoms with E-state index in [1.54, 1.807) is 12.1 Å². The SMILES string of the molecule is Cl.O=C(C1CNNC1c1cccc(OC(F)F)c1)N1CCC2(CCNC2)CC1. The van der Waals surface area contributed by atoms with Crippen LogP contribution in [0.3, 0.4) is 0 Å². The first kappa shape index (κ1) is 21.2. The Kier molecular flexibility index (Phi) is 6.75. The van der Waals surface area contributed by atoms with E-state index in [0.717, 1.165) is 44.6 Å². The molecule has 0 aromatic heterocycles. The highest BCUT2D eigenvalue weighted by atomic mass is 35.5. The summed E-state index contributed by atoms with van der Waals surface area (Å²) in [6.45, 7) is 1.37. The maximum atomic E-state index is 13.1. The lowest BCUT2D eigenvalue weighted by Crippen LogP contribution is -2.47. The minimum atomic E-state index is -2.86. The zero-order valence-electron chi connectivity index (χ0n) is 15.6. The van der Waals surface area contributed by atoms with Gasteiger partial charge in [0, 0.05) is 26.2 Å². The minimum Gasteiger partial charge on any atom is -0.435 e. The Labute approximate surface area is 169 Å². The van der Waals surface area contributed by atoms with Crippen LogP contribution in [-0.2, 0) is 4.79 Å². The van der Waals surface area contributed by atoms with E-state index in [0.29, 0.717) is 12.0 Å². The molecule has 1 spiro atoms. The van der Waals surface area contributed by atoms with Gasteiger partial charge in [0.05, 0.1) is 12.0 Å². The van der Waals surface area contributed by atoms with E-state index >= 15 is 0 Å². The highest BCUT2D eigenvalue weighted by Crippen LogP contribution is 2.38. The molecule has 0 aliphatic carbocycles. The van der Waals surface area contributed by atoms with Crippen molar-refractivity contribution in [3.05, 3.63) is 29.8 Å². The average molecular weight is 417 g/mol. The number of nitrogens with one attached hydrogen (secondary N) is 3. The molecule has 1 aromatic carbocycles. The molecular weight excluding hydrogens is 390 g/mol. The highest BCUT2D eigenvalue weighted by Gasteiger charge is 2.42. The van der Waals surface area contributed by atoms with Crippen molar-refractivity contribution in [1.29, 1.82) is 0 Å². The molecule has 0 saturated carbocycles. The molecule has 3 aliphatic rings. The zero-order valence-corrected chi connectivity index (χ0v) is 16.4. The fourth-order valence-electron chi connectivity index (χ4n) is 4.59. The molecule has 4 rings (SSSR count). The van der Waals surface area contributed by atoms with Crippen LogP contribution in [-0.4, -0.2) is 50.1 Å². The molecule has 9 heteroatoms. The van der Waals surface area contributed by atoms with Gasteiger partial charge in [0.2, 0.25) is 5.91 Å². The summed E-state index contributed by atoms with van der Waals surface area (Å²) in [7, 11) is 0. The van der Waals surface area contributed by atoms with Crippen molar-refractivity contribution in [2.45, 2.75) is 31.9 Å². The molecule has 3 N–H and O–H groups in total. The molecule has 0 radical (unpaired) electrons. The number of rotatable bonds is 4. The molecule has 156 valence electrons. The molecule has 3 heterocycles. The number of benzene rings is 1. The fourth-order valence-corrected chi connectivity index (χ4v) is 4.59. The van der Waals surface area contributed by atoms with E-state index in [1.165, 1.54) is 12.5 Å². The van der Waals surface area contributed by atoms with E-state index in [-0.39, 0.29) is 36.0 Å². The smallest absolute Gasteiger partial charge is 0.387 e. The van der Waals surface area contributed by atoms with Gasteiger partial charge in [-0.2, -0.15) is 8.78 Å². The number of nitrogens with zero attached hydrogens (tertiary/aromatic N) is 1. The van der Waals surface area contributed by atoms with Gasteiger partial charge in [-0.05, 0) is 48.9 Å². The predicted molar refractivity (Wildman–Crippen MR) is 103 cm³/mol. The Morgan fingerprint density at radius 2 is 2.04 bits per heavy atom. The van der Waals surface area contributed by atoms with E-state index in [1.807, 2.05) is 11.0 Å². The Morgan fingerprint density at radius 3 is 2.71 bits per heavy atom. The second kappa shape index (κ2) is 8.90. The third kappa shape index (κ3) is 4.40. The minimum absolute atomic E-state index is 0. The topological polar surface area (TPSA) is 65.6 Å². The van der Waals surface area contributed by atoms with Crippen LogP contribution in [0.5, 0.6) is 5.75 Å². The Balaban J connectivity index is 0.00000225. The lowest BCUT2D eigenvalue weighted by molar-refractivity contribution is -0.137. The van der Waals surface area contributed by atoms with E-state index in [9.17, 15) is 13.6 Å². The first-order chi connectivity index (χ1) is 13.1. The van der Waals surface area contributed by atoms with E-state index < -0.39 is 6.61 Å². The summed E-state index contributed by atoms with van der Waals surface area (Å²) in [5.41, 5.74) is 7.31. The molecule has 2 unspecified atom stereocenters. The maximum absolute atomic E-state index is 13.1. The monoisotopic (exact) mass is 416 g/mol. The number of hydrogen-bond acceptors (Lipinski definition) is 5.